The van der Waals surface area contributed by atoms with Crippen molar-refractivity contribution in [2.75, 3.05) is 13.7 Å². The van der Waals surface area contributed by atoms with E-state index in [4.69, 9.17) is 4.74 Å². The molecule has 0 aliphatic rings. The first kappa shape index (κ1) is 15.1. The average molecular weight is 251 g/mol. The fourth-order valence-corrected chi connectivity index (χ4v) is 1.86. The summed E-state index contributed by atoms with van der Waals surface area (Å²) in [6.45, 7) is 10.0. The molecule has 0 aliphatic carbocycles. The minimum Gasteiger partial charge on any atom is -0.385 e. The van der Waals surface area contributed by atoms with Gasteiger partial charge in [0.15, 0.2) is 0 Å². The largest absolute Gasteiger partial charge is 0.385 e. The van der Waals surface area contributed by atoms with Crippen LogP contribution in [0.5, 0.6) is 0 Å². The van der Waals surface area contributed by atoms with E-state index in [2.05, 4.69) is 43.0 Å². The smallest absolute Gasteiger partial charge is 0.128 e. The van der Waals surface area contributed by atoms with E-state index in [1.807, 2.05) is 0 Å². The molecular weight excluding hydrogens is 226 g/mol. The Hall–Kier alpha value is -1.00. The van der Waals surface area contributed by atoms with Crippen molar-refractivity contribution in [3.05, 3.63) is 22.8 Å². The third-order valence-electron chi connectivity index (χ3n) is 2.90. The highest BCUT2D eigenvalue weighted by molar-refractivity contribution is 5.24. The van der Waals surface area contributed by atoms with Gasteiger partial charge in [0.1, 0.15) is 5.82 Å². The van der Waals surface area contributed by atoms with Crippen LogP contribution in [0.3, 0.4) is 0 Å². The third-order valence-corrected chi connectivity index (χ3v) is 2.90. The fraction of sp³-hybridized carbons (Fsp3) is 0.714. The molecule has 1 aromatic heterocycles. The van der Waals surface area contributed by atoms with E-state index in [1.54, 1.807) is 7.11 Å². The Bertz CT molecular complexity index is 354. The van der Waals surface area contributed by atoms with Gasteiger partial charge in [-0.3, -0.25) is 0 Å². The summed E-state index contributed by atoms with van der Waals surface area (Å²) in [5, 5.41) is 3.42. The van der Waals surface area contributed by atoms with Crippen molar-refractivity contribution in [2.24, 2.45) is 0 Å². The summed E-state index contributed by atoms with van der Waals surface area (Å²) in [5.41, 5.74) is 3.39. The topological polar surface area (TPSA) is 47.0 Å². The monoisotopic (exact) mass is 251 g/mol. The maximum Gasteiger partial charge on any atom is 0.128 e. The van der Waals surface area contributed by atoms with Gasteiger partial charge in [-0.1, -0.05) is 13.8 Å². The normalized spacial score (nSPS) is 11.2. The molecule has 0 atom stereocenters. The van der Waals surface area contributed by atoms with Crippen molar-refractivity contribution in [1.29, 1.82) is 0 Å². The first-order valence-corrected chi connectivity index (χ1v) is 6.60. The lowest BCUT2D eigenvalue weighted by molar-refractivity contribution is 0.194. The Kier molecular flexibility index (Phi) is 6.22. The van der Waals surface area contributed by atoms with Crippen LogP contribution >= 0.6 is 0 Å². The highest BCUT2D eigenvalue weighted by Gasteiger charge is 2.08. The fourth-order valence-electron chi connectivity index (χ4n) is 1.86. The summed E-state index contributed by atoms with van der Waals surface area (Å²) in [6.07, 6.45) is 1.85. The first-order valence-electron chi connectivity index (χ1n) is 6.60. The molecule has 1 aromatic rings. The number of hydrogen-bond donors (Lipinski definition) is 1. The molecule has 4 heteroatoms. The summed E-state index contributed by atoms with van der Waals surface area (Å²) in [5.74, 6) is 0.926. The van der Waals surface area contributed by atoms with Crippen LogP contribution in [0, 0.1) is 13.8 Å². The van der Waals surface area contributed by atoms with Gasteiger partial charge >= 0.3 is 0 Å². The average Bonchev–Trinajstić information content (AvgIpc) is 2.28. The zero-order chi connectivity index (χ0) is 13.5. The van der Waals surface area contributed by atoms with Crippen LogP contribution in [0.1, 0.15) is 43.0 Å². The van der Waals surface area contributed by atoms with E-state index in [-0.39, 0.29) is 0 Å². The number of aryl methyl sites for hydroxylation is 3. The van der Waals surface area contributed by atoms with E-state index in [0.717, 1.165) is 43.2 Å². The van der Waals surface area contributed by atoms with Gasteiger partial charge in [0.25, 0.3) is 0 Å². The van der Waals surface area contributed by atoms with Crippen molar-refractivity contribution in [1.82, 2.24) is 15.3 Å². The zero-order valence-electron chi connectivity index (χ0n) is 12.2. The second-order valence-electron chi connectivity index (χ2n) is 4.92. The van der Waals surface area contributed by atoms with E-state index < -0.39 is 0 Å². The number of aromatic nitrogens is 2. The highest BCUT2D eigenvalue weighted by atomic mass is 16.5. The standard InChI is InChI=1S/C14H25N3O/c1-10(2)15-9-13-11(3)16-14(17-12(13)4)7-6-8-18-5/h10,15H,6-9H2,1-5H3. The van der Waals surface area contributed by atoms with Crippen LogP contribution in [0.25, 0.3) is 0 Å². The summed E-state index contributed by atoms with van der Waals surface area (Å²) in [7, 11) is 1.72. The van der Waals surface area contributed by atoms with Gasteiger partial charge in [-0.15, -0.1) is 0 Å². The molecular formula is C14H25N3O. The minimum absolute atomic E-state index is 0.477. The Morgan fingerprint density at radius 1 is 1.17 bits per heavy atom. The van der Waals surface area contributed by atoms with Crippen molar-refractivity contribution in [3.8, 4) is 0 Å². The second-order valence-corrected chi connectivity index (χ2v) is 4.92. The maximum absolute atomic E-state index is 5.05. The third kappa shape index (κ3) is 4.70. The highest BCUT2D eigenvalue weighted by Crippen LogP contribution is 2.11. The zero-order valence-corrected chi connectivity index (χ0v) is 12.2. The quantitative estimate of drug-likeness (QED) is 0.754. The van der Waals surface area contributed by atoms with E-state index in [9.17, 15) is 0 Å². The predicted molar refractivity (Wildman–Crippen MR) is 73.7 cm³/mol. The van der Waals surface area contributed by atoms with Crippen LogP contribution in [0.4, 0.5) is 0 Å². The molecule has 1 heterocycles. The van der Waals surface area contributed by atoms with Crippen molar-refractivity contribution in [3.63, 3.8) is 0 Å². The minimum atomic E-state index is 0.477. The lowest BCUT2D eigenvalue weighted by atomic mass is 10.1. The van der Waals surface area contributed by atoms with Crippen molar-refractivity contribution < 1.29 is 4.74 Å². The molecule has 102 valence electrons. The first-order chi connectivity index (χ1) is 8.54. The molecule has 0 unspecified atom stereocenters. The Labute approximate surface area is 110 Å². The molecule has 0 spiro atoms. The van der Waals surface area contributed by atoms with Gasteiger partial charge in [-0.25, -0.2) is 9.97 Å². The molecule has 1 rings (SSSR count). The lowest BCUT2D eigenvalue weighted by Crippen LogP contribution is -2.23. The summed E-state index contributed by atoms with van der Waals surface area (Å²) < 4.78 is 5.05. The molecule has 0 fully saturated rings. The van der Waals surface area contributed by atoms with E-state index >= 15 is 0 Å². The molecule has 1 N–H and O–H groups in total. The molecule has 18 heavy (non-hydrogen) atoms. The summed E-state index contributed by atoms with van der Waals surface area (Å²) in [6, 6.07) is 0.477. The van der Waals surface area contributed by atoms with Crippen LogP contribution in [-0.4, -0.2) is 29.7 Å². The molecule has 4 nitrogen and oxygen atoms in total. The molecule has 0 amide bonds. The number of hydrogen-bond acceptors (Lipinski definition) is 4. The molecule has 0 radical (unpaired) electrons. The van der Waals surface area contributed by atoms with Crippen molar-refractivity contribution >= 4 is 0 Å². The Balaban J connectivity index is 2.71. The molecule has 0 saturated carbocycles. The number of rotatable bonds is 7. The van der Waals surface area contributed by atoms with Crippen LogP contribution < -0.4 is 5.32 Å². The molecule has 0 bridgehead atoms. The number of nitrogens with zero attached hydrogens (tertiary/aromatic N) is 2. The van der Waals surface area contributed by atoms with Crippen LogP contribution in [0.15, 0.2) is 0 Å². The molecule has 0 aliphatic heterocycles. The van der Waals surface area contributed by atoms with Gasteiger partial charge < -0.3 is 10.1 Å². The molecule has 0 aromatic carbocycles. The van der Waals surface area contributed by atoms with E-state index in [1.165, 1.54) is 5.56 Å². The van der Waals surface area contributed by atoms with Gasteiger partial charge in [0, 0.05) is 49.7 Å². The van der Waals surface area contributed by atoms with Crippen LogP contribution in [-0.2, 0) is 17.7 Å². The van der Waals surface area contributed by atoms with Gasteiger partial charge in [-0.2, -0.15) is 0 Å². The SMILES string of the molecule is COCCCc1nc(C)c(CNC(C)C)c(C)n1. The van der Waals surface area contributed by atoms with Gasteiger partial charge in [0.2, 0.25) is 0 Å². The van der Waals surface area contributed by atoms with Gasteiger partial charge in [-0.05, 0) is 20.3 Å². The number of ether oxygens (including phenoxy) is 1. The van der Waals surface area contributed by atoms with Gasteiger partial charge in [0.05, 0.1) is 0 Å². The maximum atomic E-state index is 5.05. The summed E-state index contributed by atoms with van der Waals surface area (Å²) in [4.78, 5) is 9.15. The van der Waals surface area contributed by atoms with E-state index in [0.29, 0.717) is 6.04 Å². The predicted octanol–water partition coefficient (Wildman–Crippen LogP) is 2.17. The Morgan fingerprint density at radius 3 is 2.28 bits per heavy atom. The second kappa shape index (κ2) is 7.44. The lowest BCUT2D eigenvalue weighted by Gasteiger charge is -2.13. The number of methoxy groups -OCH3 is 1. The Morgan fingerprint density at radius 2 is 1.78 bits per heavy atom. The molecule has 0 saturated heterocycles. The van der Waals surface area contributed by atoms with Crippen molar-refractivity contribution in [2.45, 2.75) is 53.1 Å². The summed E-state index contributed by atoms with van der Waals surface area (Å²) >= 11 is 0. The van der Waals surface area contributed by atoms with Crippen LogP contribution in [0.2, 0.25) is 0 Å². The number of nitrogens with one attached hydrogen (secondary N) is 1.